The molecule has 48 heavy (non-hydrogen) atoms. The molecule has 4 aromatic rings. The number of amides is 1. The lowest BCUT2D eigenvalue weighted by molar-refractivity contribution is -0.118. The molecule has 1 aliphatic carbocycles. The zero-order valence-corrected chi connectivity index (χ0v) is 28.4. The number of hydrogen-bond donors (Lipinski definition) is 2. The van der Waals surface area contributed by atoms with Crippen molar-refractivity contribution in [3.63, 3.8) is 0 Å². The fraction of sp³-hybridized carbons (Fsp3) is 0.459. The number of nitrogens with one attached hydrogen (secondary N) is 1. The predicted molar refractivity (Wildman–Crippen MR) is 189 cm³/mol. The number of aromatic carboxylic acids is 1. The highest BCUT2D eigenvalue weighted by molar-refractivity contribution is 7.21. The molecule has 0 spiro atoms. The number of thiophene rings is 1. The molecule has 1 saturated carbocycles. The van der Waals surface area contributed by atoms with Gasteiger partial charge in [0, 0.05) is 50.2 Å². The Morgan fingerprint density at radius 2 is 1.65 bits per heavy atom. The Kier molecular flexibility index (Phi) is 9.99. The van der Waals surface area contributed by atoms with Gasteiger partial charge in [0.2, 0.25) is 5.91 Å². The van der Waals surface area contributed by atoms with Gasteiger partial charge in [0.25, 0.3) is 0 Å². The van der Waals surface area contributed by atoms with Gasteiger partial charge in [-0.05, 0) is 78.4 Å². The van der Waals surface area contributed by atoms with Gasteiger partial charge in [-0.15, -0.1) is 11.3 Å². The number of benzene rings is 2. The molecule has 2 aromatic heterocycles. The summed E-state index contributed by atoms with van der Waals surface area (Å²) in [6.07, 6.45) is 5.93. The average molecular weight is 673 g/mol. The minimum Gasteiger partial charge on any atom is -0.489 e. The fourth-order valence-corrected chi connectivity index (χ4v) is 8.53. The predicted octanol–water partition coefficient (Wildman–Crippen LogP) is 6.34. The number of carbonyl (C=O) groups is 2. The van der Waals surface area contributed by atoms with Crippen molar-refractivity contribution < 1.29 is 28.9 Å². The van der Waals surface area contributed by atoms with E-state index < -0.39 is 5.97 Å². The van der Waals surface area contributed by atoms with E-state index in [-0.39, 0.29) is 5.91 Å². The van der Waals surface area contributed by atoms with E-state index in [2.05, 4.69) is 37.9 Å². The van der Waals surface area contributed by atoms with Crippen molar-refractivity contribution >= 4 is 44.8 Å². The Morgan fingerprint density at radius 3 is 2.35 bits per heavy atom. The number of carbonyl (C=O) groups excluding carboxylic acids is 1. The molecule has 2 saturated heterocycles. The summed E-state index contributed by atoms with van der Waals surface area (Å²) < 4.78 is 20.7. The number of anilines is 2. The van der Waals surface area contributed by atoms with E-state index in [1.165, 1.54) is 41.9 Å². The molecule has 2 N–H and O–H groups in total. The number of fused-ring (bicyclic) bond motifs is 1. The molecule has 3 fully saturated rings. The number of morpholine rings is 2. The molecule has 0 unspecified atom stereocenters. The highest BCUT2D eigenvalue weighted by Crippen LogP contribution is 2.46. The van der Waals surface area contributed by atoms with E-state index in [1.54, 1.807) is 0 Å². The van der Waals surface area contributed by atoms with Crippen molar-refractivity contribution in [1.82, 2.24) is 9.47 Å². The molecule has 254 valence electrons. The normalized spacial score (nSPS) is 17.9. The number of ether oxygens (including phenoxy) is 3. The van der Waals surface area contributed by atoms with Crippen LogP contribution in [0.25, 0.3) is 21.5 Å². The number of nitrogens with zero attached hydrogens (tertiary/aromatic N) is 3. The minimum absolute atomic E-state index is 0.0363. The lowest BCUT2D eigenvalue weighted by Crippen LogP contribution is -2.41. The van der Waals surface area contributed by atoms with Gasteiger partial charge in [0.15, 0.2) is 0 Å². The second-order valence-corrected chi connectivity index (χ2v) is 14.0. The Bertz CT molecular complexity index is 1750. The van der Waals surface area contributed by atoms with Gasteiger partial charge in [-0.25, -0.2) is 4.79 Å². The van der Waals surface area contributed by atoms with E-state index in [9.17, 15) is 14.7 Å². The Labute approximate surface area is 285 Å². The van der Waals surface area contributed by atoms with Crippen molar-refractivity contribution in [3.8, 4) is 17.0 Å². The zero-order chi connectivity index (χ0) is 33.0. The van der Waals surface area contributed by atoms with Crippen molar-refractivity contribution in [3.05, 3.63) is 64.5 Å². The van der Waals surface area contributed by atoms with Gasteiger partial charge in [0.1, 0.15) is 17.2 Å². The van der Waals surface area contributed by atoms with Crippen molar-refractivity contribution in [1.29, 1.82) is 0 Å². The molecule has 4 heterocycles. The highest BCUT2D eigenvalue weighted by atomic mass is 32.1. The summed E-state index contributed by atoms with van der Waals surface area (Å²) in [5, 5.41) is 12.8. The monoisotopic (exact) mass is 672 g/mol. The number of rotatable bonds is 10. The summed E-state index contributed by atoms with van der Waals surface area (Å²) in [7, 11) is 2.05. The van der Waals surface area contributed by atoms with E-state index in [1.807, 2.05) is 37.4 Å². The molecule has 0 atom stereocenters. The number of carboxylic acids is 1. The minimum atomic E-state index is -0.869. The van der Waals surface area contributed by atoms with Crippen LogP contribution in [0.2, 0.25) is 0 Å². The van der Waals surface area contributed by atoms with Crippen LogP contribution >= 0.6 is 11.3 Å². The molecule has 1 amide bonds. The molecule has 3 aliphatic rings. The number of aryl methyl sites for hydroxylation is 1. The molecule has 10 nitrogen and oxygen atoms in total. The first-order chi connectivity index (χ1) is 23.4. The smallest absolute Gasteiger partial charge is 0.345 e. The Hall–Kier alpha value is -3.90. The molecule has 0 bridgehead atoms. The van der Waals surface area contributed by atoms with E-state index in [4.69, 9.17) is 14.2 Å². The van der Waals surface area contributed by atoms with Gasteiger partial charge in [-0.3, -0.25) is 9.69 Å². The van der Waals surface area contributed by atoms with Gasteiger partial charge in [0.05, 0.1) is 48.9 Å². The quantitative estimate of drug-likeness (QED) is 0.201. The first-order valence-corrected chi connectivity index (χ1v) is 17.9. The van der Waals surface area contributed by atoms with Crippen LogP contribution in [0.5, 0.6) is 5.75 Å². The maximum Gasteiger partial charge on any atom is 0.345 e. The Balaban J connectivity index is 1.11. The first kappa shape index (κ1) is 32.6. The van der Waals surface area contributed by atoms with E-state index in [0.717, 1.165) is 77.5 Å². The van der Waals surface area contributed by atoms with Crippen LogP contribution in [-0.4, -0.2) is 85.6 Å². The standard InChI is InChI=1S/C37H44N4O6S/c1-39-31-22-32(37(43)44)48-36(31)34(25-5-3-2-4-6-25)35(39)26-7-10-29(11-8-26)47-24-27-21-28(9-12-30(27)41-15-19-46-20-16-41)38-33(42)23-40-13-17-45-18-14-40/h7-12,21-22,25H,2-6,13-20,23-24H2,1H3,(H,38,42)(H,43,44). The van der Waals surface area contributed by atoms with Gasteiger partial charge < -0.3 is 34.1 Å². The van der Waals surface area contributed by atoms with Crippen LogP contribution in [-0.2, 0) is 27.9 Å². The van der Waals surface area contributed by atoms with Gasteiger partial charge in [-0.1, -0.05) is 19.3 Å². The molecule has 0 radical (unpaired) electrons. The second kappa shape index (κ2) is 14.7. The summed E-state index contributed by atoms with van der Waals surface area (Å²) in [5.74, 6) is 0.281. The molecular formula is C37H44N4O6S. The van der Waals surface area contributed by atoms with Gasteiger partial charge >= 0.3 is 5.97 Å². The van der Waals surface area contributed by atoms with Crippen LogP contribution in [0.15, 0.2) is 48.5 Å². The highest BCUT2D eigenvalue weighted by Gasteiger charge is 2.28. The maximum atomic E-state index is 12.9. The van der Waals surface area contributed by atoms with Crippen LogP contribution in [0.1, 0.15) is 58.8 Å². The molecule has 11 heteroatoms. The van der Waals surface area contributed by atoms with Gasteiger partial charge in [-0.2, -0.15) is 0 Å². The third-order valence-electron chi connectivity index (χ3n) is 9.84. The molecular weight excluding hydrogens is 628 g/mol. The van der Waals surface area contributed by atoms with Crippen molar-refractivity contribution in [2.75, 3.05) is 69.4 Å². The van der Waals surface area contributed by atoms with Crippen LogP contribution < -0.4 is 15.0 Å². The third kappa shape index (κ3) is 7.10. The summed E-state index contributed by atoms with van der Waals surface area (Å²) in [5.41, 5.74) is 7.39. The average Bonchev–Trinajstić information content (AvgIpc) is 3.67. The molecule has 7 rings (SSSR count). The lowest BCUT2D eigenvalue weighted by Gasteiger charge is -2.31. The summed E-state index contributed by atoms with van der Waals surface area (Å²) in [4.78, 5) is 29.5. The number of aromatic nitrogens is 1. The second-order valence-electron chi connectivity index (χ2n) is 13.0. The number of carboxylic acid groups (broad SMARTS) is 1. The Morgan fingerprint density at radius 1 is 0.938 bits per heavy atom. The van der Waals surface area contributed by atoms with Crippen molar-refractivity contribution in [2.24, 2.45) is 7.05 Å². The van der Waals surface area contributed by atoms with Crippen LogP contribution in [0, 0.1) is 0 Å². The van der Waals surface area contributed by atoms with E-state index in [0.29, 0.717) is 50.4 Å². The summed E-state index contributed by atoms with van der Waals surface area (Å²) >= 11 is 1.40. The first-order valence-electron chi connectivity index (χ1n) is 17.1. The SMILES string of the molecule is Cn1c(-c2ccc(OCc3cc(NC(=O)CN4CCOCC4)ccc3N3CCOCC3)cc2)c(C2CCCCC2)c2sc(C(=O)O)cc21. The van der Waals surface area contributed by atoms with Crippen molar-refractivity contribution in [2.45, 2.75) is 44.6 Å². The zero-order valence-electron chi connectivity index (χ0n) is 27.5. The number of hydrogen-bond acceptors (Lipinski definition) is 8. The maximum absolute atomic E-state index is 12.9. The van der Waals surface area contributed by atoms with Crippen LogP contribution in [0.4, 0.5) is 11.4 Å². The molecule has 2 aliphatic heterocycles. The summed E-state index contributed by atoms with van der Waals surface area (Å²) in [6.45, 7) is 6.49. The topological polar surface area (TPSA) is 106 Å². The van der Waals surface area contributed by atoms with E-state index >= 15 is 0 Å². The third-order valence-corrected chi connectivity index (χ3v) is 11.0. The van der Waals surface area contributed by atoms with Crippen LogP contribution in [0.3, 0.4) is 0 Å². The lowest BCUT2D eigenvalue weighted by atomic mass is 9.83. The largest absolute Gasteiger partial charge is 0.489 e. The fourth-order valence-electron chi connectivity index (χ4n) is 7.38. The summed E-state index contributed by atoms with van der Waals surface area (Å²) in [6, 6.07) is 16.1. The molecule has 2 aromatic carbocycles.